The molecule has 1 rings (SSSR count). The Balaban J connectivity index is 2.68. The monoisotopic (exact) mass is 231 g/mol. The fraction of sp³-hybridized carbons (Fsp3) is 0.300. The van der Waals surface area contributed by atoms with Crippen LogP contribution in [0, 0.1) is 5.82 Å². The number of carboxylic acid groups (broad SMARTS) is 1. The van der Waals surface area contributed by atoms with E-state index in [-0.39, 0.29) is 12.4 Å². The molecule has 1 atom stereocenters. The molecular weight excluding hydrogens is 221 g/mol. The van der Waals surface area contributed by atoms with Gasteiger partial charge in [0.05, 0.1) is 0 Å². The number of benzene rings is 1. The highest BCUT2D eigenvalue weighted by Crippen LogP contribution is 2.15. The normalized spacial score (nSPS) is 12.2. The highest BCUT2D eigenvalue weighted by molar-refractivity contribution is 6.30. The molecule has 5 heteroatoms. The number of anilines is 1. The van der Waals surface area contributed by atoms with Crippen molar-refractivity contribution in [1.29, 1.82) is 0 Å². The van der Waals surface area contributed by atoms with Gasteiger partial charge in [-0.3, -0.25) is 4.79 Å². The van der Waals surface area contributed by atoms with Crippen molar-refractivity contribution in [3.8, 4) is 0 Å². The van der Waals surface area contributed by atoms with E-state index in [9.17, 15) is 9.18 Å². The minimum atomic E-state index is -1.08. The van der Waals surface area contributed by atoms with Gasteiger partial charge in [-0.05, 0) is 18.2 Å². The number of nitrogens with zero attached hydrogens (tertiary/aromatic N) is 1. The van der Waals surface area contributed by atoms with Crippen molar-refractivity contribution in [1.82, 2.24) is 0 Å². The predicted octanol–water partition coefficient (Wildman–Crippen LogP) is 1.95. The van der Waals surface area contributed by atoms with Crippen LogP contribution in [-0.2, 0) is 4.79 Å². The van der Waals surface area contributed by atoms with E-state index >= 15 is 0 Å². The minimum absolute atomic E-state index is 0.125. The van der Waals surface area contributed by atoms with Gasteiger partial charge in [0.15, 0.2) is 0 Å². The Bertz CT molecular complexity index is 359. The molecule has 1 N–H and O–H groups in total. The lowest BCUT2D eigenvalue weighted by Crippen LogP contribution is -2.30. The molecule has 1 aromatic rings. The second kappa shape index (κ2) is 4.98. The topological polar surface area (TPSA) is 40.5 Å². The zero-order chi connectivity index (χ0) is 11.4. The maximum absolute atomic E-state index is 12.8. The number of aliphatic carboxylic acids is 1. The van der Waals surface area contributed by atoms with Crippen molar-refractivity contribution in [3.05, 3.63) is 30.1 Å². The summed E-state index contributed by atoms with van der Waals surface area (Å²) >= 11 is 5.57. The first-order valence-corrected chi connectivity index (χ1v) is 4.78. The Kier molecular flexibility index (Phi) is 3.91. The van der Waals surface area contributed by atoms with Gasteiger partial charge in [-0.25, -0.2) is 4.39 Å². The van der Waals surface area contributed by atoms with E-state index in [1.165, 1.54) is 12.1 Å². The Morgan fingerprint density at radius 1 is 1.67 bits per heavy atom. The van der Waals surface area contributed by atoms with Crippen LogP contribution in [0.4, 0.5) is 10.1 Å². The molecule has 0 radical (unpaired) electrons. The highest BCUT2D eigenvalue weighted by Gasteiger charge is 2.16. The number of carbonyl (C=O) groups is 1. The lowest BCUT2D eigenvalue weighted by Gasteiger charge is -2.20. The van der Waals surface area contributed by atoms with Crippen molar-refractivity contribution < 1.29 is 14.3 Å². The van der Waals surface area contributed by atoms with Crippen molar-refractivity contribution in [2.24, 2.45) is 0 Å². The molecule has 15 heavy (non-hydrogen) atoms. The van der Waals surface area contributed by atoms with E-state index in [1.54, 1.807) is 24.1 Å². The molecule has 0 aliphatic rings. The smallest absolute Gasteiger partial charge is 0.323 e. The van der Waals surface area contributed by atoms with Crippen LogP contribution in [-0.4, -0.2) is 30.0 Å². The van der Waals surface area contributed by atoms with Crippen LogP contribution in [0.25, 0.3) is 0 Å². The highest BCUT2D eigenvalue weighted by atomic mass is 35.5. The molecule has 0 bridgehead atoms. The third-order valence-electron chi connectivity index (χ3n) is 1.95. The lowest BCUT2D eigenvalue weighted by atomic mass is 10.2. The number of hydrogen-bond donors (Lipinski definition) is 1. The Morgan fingerprint density at radius 3 is 2.87 bits per heavy atom. The first-order valence-electron chi connectivity index (χ1n) is 4.34. The summed E-state index contributed by atoms with van der Waals surface area (Å²) in [6.45, 7) is 0.125. The summed E-state index contributed by atoms with van der Waals surface area (Å²) in [7, 11) is 1.66. The zero-order valence-electron chi connectivity index (χ0n) is 8.15. The Morgan fingerprint density at radius 2 is 2.33 bits per heavy atom. The van der Waals surface area contributed by atoms with Gasteiger partial charge >= 0.3 is 5.97 Å². The van der Waals surface area contributed by atoms with E-state index in [0.29, 0.717) is 5.69 Å². The van der Waals surface area contributed by atoms with Gasteiger partial charge in [-0.1, -0.05) is 6.07 Å². The third-order valence-corrected chi connectivity index (χ3v) is 2.28. The zero-order valence-corrected chi connectivity index (χ0v) is 8.91. The van der Waals surface area contributed by atoms with E-state index < -0.39 is 11.3 Å². The quantitative estimate of drug-likeness (QED) is 0.806. The van der Waals surface area contributed by atoms with Crippen LogP contribution >= 0.6 is 11.6 Å². The second-order valence-electron chi connectivity index (χ2n) is 3.17. The maximum atomic E-state index is 12.8. The van der Waals surface area contributed by atoms with Crippen LogP contribution in [0.1, 0.15) is 0 Å². The van der Waals surface area contributed by atoms with Crippen molar-refractivity contribution >= 4 is 23.3 Å². The molecule has 82 valence electrons. The van der Waals surface area contributed by atoms with E-state index in [2.05, 4.69) is 0 Å². The molecular formula is C10H11ClFNO2. The van der Waals surface area contributed by atoms with Crippen molar-refractivity contribution in [2.75, 3.05) is 18.5 Å². The van der Waals surface area contributed by atoms with Gasteiger partial charge < -0.3 is 10.0 Å². The summed E-state index contributed by atoms with van der Waals surface area (Å²) in [4.78, 5) is 12.1. The van der Waals surface area contributed by atoms with Gasteiger partial charge in [0.1, 0.15) is 11.2 Å². The molecule has 3 nitrogen and oxygen atoms in total. The largest absolute Gasteiger partial charge is 0.480 e. The predicted molar refractivity (Wildman–Crippen MR) is 56.9 cm³/mol. The molecule has 0 amide bonds. The summed E-state index contributed by atoms with van der Waals surface area (Å²) in [6.07, 6.45) is 0. The fourth-order valence-corrected chi connectivity index (χ4v) is 1.34. The molecule has 0 aliphatic heterocycles. The molecule has 1 aromatic carbocycles. The summed E-state index contributed by atoms with van der Waals surface area (Å²) in [5.41, 5.74) is 0.599. The van der Waals surface area contributed by atoms with Crippen LogP contribution in [0.3, 0.4) is 0 Å². The van der Waals surface area contributed by atoms with Crippen LogP contribution in [0.15, 0.2) is 24.3 Å². The van der Waals surface area contributed by atoms with Crippen molar-refractivity contribution in [2.45, 2.75) is 5.38 Å². The number of halogens is 2. The average Bonchev–Trinajstić information content (AvgIpc) is 2.17. The number of rotatable bonds is 4. The number of carboxylic acids is 1. The summed E-state index contributed by atoms with van der Waals surface area (Å²) in [5.74, 6) is -1.44. The second-order valence-corrected chi connectivity index (χ2v) is 3.69. The molecule has 0 saturated heterocycles. The standard InChI is InChI=1S/C10H11ClFNO2/c1-13(6-9(11)10(14)15)8-4-2-3-7(12)5-8/h2-5,9H,6H2,1H3,(H,14,15). The van der Waals surface area contributed by atoms with Crippen LogP contribution < -0.4 is 4.90 Å². The SMILES string of the molecule is CN(CC(Cl)C(=O)O)c1cccc(F)c1. The molecule has 0 saturated carbocycles. The number of alkyl halides is 1. The summed E-state index contributed by atoms with van der Waals surface area (Å²) < 4.78 is 12.8. The van der Waals surface area contributed by atoms with Crippen LogP contribution in [0.5, 0.6) is 0 Å². The molecule has 0 spiro atoms. The molecule has 0 aliphatic carbocycles. The van der Waals surface area contributed by atoms with E-state index in [1.807, 2.05) is 0 Å². The molecule has 1 unspecified atom stereocenters. The van der Waals surface area contributed by atoms with E-state index in [0.717, 1.165) is 0 Å². The Hall–Kier alpha value is -1.29. The van der Waals surface area contributed by atoms with Gasteiger partial charge in [0.2, 0.25) is 0 Å². The maximum Gasteiger partial charge on any atom is 0.323 e. The Labute approximate surface area is 92.1 Å². The summed E-state index contributed by atoms with van der Waals surface area (Å²) in [5, 5.41) is 7.60. The van der Waals surface area contributed by atoms with Gasteiger partial charge in [0, 0.05) is 19.3 Å². The third kappa shape index (κ3) is 3.40. The minimum Gasteiger partial charge on any atom is -0.480 e. The van der Waals surface area contributed by atoms with Gasteiger partial charge in [-0.2, -0.15) is 0 Å². The molecule has 0 aromatic heterocycles. The molecule has 0 fully saturated rings. The first-order chi connectivity index (χ1) is 7.00. The van der Waals surface area contributed by atoms with Gasteiger partial charge in [-0.15, -0.1) is 11.6 Å². The lowest BCUT2D eigenvalue weighted by molar-refractivity contribution is -0.136. The number of hydrogen-bond acceptors (Lipinski definition) is 2. The molecule has 0 heterocycles. The average molecular weight is 232 g/mol. The van der Waals surface area contributed by atoms with Crippen LogP contribution in [0.2, 0.25) is 0 Å². The summed E-state index contributed by atoms with van der Waals surface area (Å²) in [6, 6.07) is 5.90. The van der Waals surface area contributed by atoms with Crippen molar-refractivity contribution in [3.63, 3.8) is 0 Å². The van der Waals surface area contributed by atoms with Gasteiger partial charge in [0.25, 0.3) is 0 Å². The fourth-order valence-electron chi connectivity index (χ4n) is 1.14. The van der Waals surface area contributed by atoms with E-state index in [4.69, 9.17) is 16.7 Å². The first kappa shape index (κ1) is 11.8.